The van der Waals surface area contributed by atoms with Gasteiger partial charge in [-0.15, -0.1) is 0 Å². The van der Waals surface area contributed by atoms with Gasteiger partial charge < -0.3 is 5.32 Å². The van der Waals surface area contributed by atoms with Crippen LogP contribution in [-0.4, -0.2) is 6.04 Å². The molecule has 1 aromatic carbocycles. The topological polar surface area (TPSA) is 12.0 Å². The van der Waals surface area contributed by atoms with Crippen LogP contribution < -0.4 is 5.32 Å². The lowest BCUT2D eigenvalue weighted by Gasteiger charge is -2.20. The average molecular weight is 219 g/mol. The molecule has 0 aliphatic rings. The Balaban J connectivity index is 2.58. The first kappa shape index (κ1) is 13.2. The molecule has 1 rings (SSSR count). The van der Waals surface area contributed by atoms with Crippen LogP contribution in [0.5, 0.6) is 0 Å². The van der Waals surface area contributed by atoms with Crippen LogP contribution in [0.3, 0.4) is 0 Å². The highest BCUT2D eigenvalue weighted by Gasteiger charge is 2.09. The summed E-state index contributed by atoms with van der Waals surface area (Å²) in [7, 11) is 0. The summed E-state index contributed by atoms with van der Waals surface area (Å²) in [4.78, 5) is 0. The molecule has 0 bridgehead atoms. The molecule has 2 atom stereocenters. The molecule has 0 heterocycles. The van der Waals surface area contributed by atoms with Gasteiger partial charge in [0.1, 0.15) is 0 Å². The quantitative estimate of drug-likeness (QED) is 0.793. The number of rotatable bonds is 5. The third kappa shape index (κ3) is 3.34. The minimum absolute atomic E-state index is 0.588. The molecule has 2 unspecified atom stereocenters. The lowest BCUT2D eigenvalue weighted by atomic mass is 9.99. The van der Waals surface area contributed by atoms with E-state index in [-0.39, 0.29) is 0 Å². The van der Waals surface area contributed by atoms with Crippen molar-refractivity contribution in [3.63, 3.8) is 0 Å². The Morgan fingerprint density at radius 2 is 1.88 bits per heavy atom. The standard InChI is InChI=1S/C15H25N/c1-6-11(2)14(5)16-10-15-9-7-8-12(3)13(15)4/h7-9,11,14,16H,6,10H2,1-5H3. The van der Waals surface area contributed by atoms with Crippen molar-refractivity contribution in [2.45, 2.75) is 53.6 Å². The third-order valence-corrected chi connectivity index (χ3v) is 3.83. The van der Waals surface area contributed by atoms with Gasteiger partial charge in [0, 0.05) is 12.6 Å². The summed E-state index contributed by atoms with van der Waals surface area (Å²) in [5.41, 5.74) is 4.23. The molecule has 16 heavy (non-hydrogen) atoms. The highest BCUT2D eigenvalue weighted by molar-refractivity contribution is 5.32. The van der Waals surface area contributed by atoms with Crippen LogP contribution in [0.4, 0.5) is 0 Å². The predicted octanol–water partition coefficient (Wildman–Crippen LogP) is 3.83. The van der Waals surface area contributed by atoms with E-state index in [0.29, 0.717) is 6.04 Å². The van der Waals surface area contributed by atoms with Crippen LogP contribution in [0.25, 0.3) is 0 Å². The SMILES string of the molecule is CCC(C)C(C)NCc1cccc(C)c1C. The zero-order valence-corrected chi connectivity index (χ0v) is 11.3. The van der Waals surface area contributed by atoms with Crippen molar-refractivity contribution in [3.8, 4) is 0 Å². The first-order chi connectivity index (χ1) is 7.56. The third-order valence-electron chi connectivity index (χ3n) is 3.83. The molecule has 1 aromatic rings. The van der Waals surface area contributed by atoms with Gasteiger partial charge in [-0.25, -0.2) is 0 Å². The van der Waals surface area contributed by atoms with Crippen molar-refractivity contribution in [1.82, 2.24) is 5.32 Å². The van der Waals surface area contributed by atoms with Gasteiger partial charge >= 0.3 is 0 Å². The summed E-state index contributed by atoms with van der Waals surface area (Å²) in [6, 6.07) is 7.13. The largest absolute Gasteiger partial charge is 0.310 e. The Kier molecular flexibility index (Phi) is 5.01. The highest BCUT2D eigenvalue weighted by Crippen LogP contribution is 2.13. The first-order valence-corrected chi connectivity index (χ1v) is 6.34. The van der Waals surface area contributed by atoms with Crippen molar-refractivity contribution in [1.29, 1.82) is 0 Å². The van der Waals surface area contributed by atoms with Crippen molar-refractivity contribution >= 4 is 0 Å². The molecule has 0 aromatic heterocycles. The molecule has 1 N–H and O–H groups in total. The molecule has 90 valence electrons. The summed E-state index contributed by atoms with van der Waals surface area (Å²) in [5.74, 6) is 0.741. The second kappa shape index (κ2) is 6.05. The first-order valence-electron chi connectivity index (χ1n) is 6.34. The van der Waals surface area contributed by atoms with Gasteiger partial charge in [0.2, 0.25) is 0 Å². The molecule has 0 radical (unpaired) electrons. The summed E-state index contributed by atoms with van der Waals surface area (Å²) in [5, 5.41) is 3.62. The van der Waals surface area contributed by atoms with E-state index in [1.807, 2.05) is 0 Å². The van der Waals surface area contributed by atoms with Crippen LogP contribution in [0, 0.1) is 19.8 Å². The second-order valence-electron chi connectivity index (χ2n) is 4.91. The summed E-state index contributed by atoms with van der Waals surface area (Å²) < 4.78 is 0. The van der Waals surface area contributed by atoms with Gasteiger partial charge in [-0.1, -0.05) is 38.5 Å². The molecule has 0 fully saturated rings. The fourth-order valence-corrected chi connectivity index (χ4v) is 1.83. The number of nitrogens with one attached hydrogen (secondary N) is 1. The van der Waals surface area contributed by atoms with E-state index in [9.17, 15) is 0 Å². The maximum atomic E-state index is 3.62. The minimum Gasteiger partial charge on any atom is -0.310 e. The van der Waals surface area contributed by atoms with Gasteiger partial charge in [0.05, 0.1) is 0 Å². The van der Waals surface area contributed by atoms with E-state index < -0.39 is 0 Å². The van der Waals surface area contributed by atoms with Crippen LogP contribution >= 0.6 is 0 Å². The Morgan fingerprint density at radius 1 is 1.19 bits per heavy atom. The number of benzene rings is 1. The van der Waals surface area contributed by atoms with E-state index in [4.69, 9.17) is 0 Å². The lowest BCUT2D eigenvalue weighted by Crippen LogP contribution is -2.31. The van der Waals surface area contributed by atoms with E-state index in [1.165, 1.54) is 23.1 Å². The van der Waals surface area contributed by atoms with Crippen LogP contribution in [0.2, 0.25) is 0 Å². The Labute approximate surface area is 100 Å². The molecular formula is C15H25N. The number of hydrogen-bond donors (Lipinski definition) is 1. The Bertz CT molecular complexity index is 330. The Morgan fingerprint density at radius 3 is 2.50 bits per heavy atom. The molecule has 1 heteroatoms. The monoisotopic (exact) mass is 219 g/mol. The summed E-state index contributed by atoms with van der Waals surface area (Å²) in [6.07, 6.45) is 1.24. The number of aryl methyl sites for hydroxylation is 1. The maximum absolute atomic E-state index is 3.62. The number of hydrogen-bond acceptors (Lipinski definition) is 1. The van der Waals surface area contributed by atoms with E-state index in [0.717, 1.165) is 12.5 Å². The molecule has 0 aliphatic carbocycles. The maximum Gasteiger partial charge on any atom is 0.0210 e. The zero-order chi connectivity index (χ0) is 12.1. The van der Waals surface area contributed by atoms with Gasteiger partial charge in [-0.2, -0.15) is 0 Å². The zero-order valence-electron chi connectivity index (χ0n) is 11.3. The highest BCUT2D eigenvalue weighted by atomic mass is 14.9. The van der Waals surface area contributed by atoms with E-state index in [2.05, 4.69) is 58.1 Å². The van der Waals surface area contributed by atoms with Gasteiger partial charge in [-0.3, -0.25) is 0 Å². The van der Waals surface area contributed by atoms with Crippen molar-refractivity contribution in [2.75, 3.05) is 0 Å². The fourth-order valence-electron chi connectivity index (χ4n) is 1.83. The van der Waals surface area contributed by atoms with Crippen LogP contribution in [-0.2, 0) is 6.54 Å². The molecule has 1 nitrogen and oxygen atoms in total. The summed E-state index contributed by atoms with van der Waals surface area (Å²) in [6.45, 7) is 12.2. The van der Waals surface area contributed by atoms with Crippen LogP contribution in [0.15, 0.2) is 18.2 Å². The normalized spacial score (nSPS) is 14.8. The average Bonchev–Trinajstić information content (AvgIpc) is 2.29. The van der Waals surface area contributed by atoms with Crippen molar-refractivity contribution in [3.05, 3.63) is 34.9 Å². The van der Waals surface area contributed by atoms with Gasteiger partial charge in [-0.05, 0) is 43.4 Å². The molecular weight excluding hydrogens is 194 g/mol. The molecule has 0 saturated carbocycles. The van der Waals surface area contributed by atoms with Crippen molar-refractivity contribution in [2.24, 2.45) is 5.92 Å². The van der Waals surface area contributed by atoms with Crippen LogP contribution in [0.1, 0.15) is 43.9 Å². The van der Waals surface area contributed by atoms with E-state index >= 15 is 0 Å². The Hall–Kier alpha value is -0.820. The smallest absolute Gasteiger partial charge is 0.0210 e. The minimum atomic E-state index is 0.588. The summed E-state index contributed by atoms with van der Waals surface area (Å²) >= 11 is 0. The van der Waals surface area contributed by atoms with E-state index in [1.54, 1.807) is 0 Å². The second-order valence-corrected chi connectivity index (χ2v) is 4.91. The van der Waals surface area contributed by atoms with Crippen molar-refractivity contribution < 1.29 is 0 Å². The molecule has 0 amide bonds. The lowest BCUT2D eigenvalue weighted by molar-refractivity contribution is 0.389. The predicted molar refractivity (Wildman–Crippen MR) is 71.7 cm³/mol. The molecule has 0 spiro atoms. The van der Waals surface area contributed by atoms with Gasteiger partial charge in [0.15, 0.2) is 0 Å². The molecule has 0 aliphatic heterocycles. The fraction of sp³-hybridized carbons (Fsp3) is 0.600. The molecule has 0 saturated heterocycles. The van der Waals surface area contributed by atoms with Gasteiger partial charge in [0.25, 0.3) is 0 Å².